The van der Waals surface area contributed by atoms with E-state index < -0.39 is 11.8 Å². The molecule has 3 N–H and O–H groups in total. The minimum Gasteiger partial charge on any atom is -0.462 e. The minimum atomic E-state index is -0.635. The summed E-state index contributed by atoms with van der Waals surface area (Å²) in [5, 5.41) is 0.323. The van der Waals surface area contributed by atoms with Gasteiger partial charge in [0, 0.05) is 6.20 Å². The Bertz CT molecular complexity index is 648. The molecule has 0 aliphatic heterocycles. The third kappa shape index (κ3) is 2.32. The average Bonchev–Trinajstić information content (AvgIpc) is 2.41. The number of esters is 1. The average molecular weight is 284 g/mol. The van der Waals surface area contributed by atoms with Crippen molar-refractivity contribution in [2.24, 2.45) is 5.84 Å². The quantitative estimate of drug-likeness (QED) is 0.514. The fraction of sp³-hybridized carbons (Fsp3) is 0.167. The van der Waals surface area contributed by atoms with Gasteiger partial charge >= 0.3 is 5.97 Å². The number of carbonyl (C=O) groups excluding carboxylic acids is 1. The molecule has 0 amide bonds. The number of hydrogen-bond acceptors (Lipinski definition) is 5. The van der Waals surface area contributed by atoms with E-state index in [-0.39, 0.29) is 33.8 Å². The number of benzene rings is 1. The first-order valence-corrected chi connectivity index (χ1v) is 5.88. The molecular weight excluding hydrogens is 273 g/mol. The Balaban J connectivity index is 2.76. The second kappa shape index (κ2) is 5.38. The van der Waals surface area contributed by atoms with Gasteiger partial charge in [0.15, 0.2) is 0 Å². The van der Waals surface area contributed by atoms with Crippen molar-refractivity contribution in [1.29, 1.82) is 0 Å². The molecule has 1 heterocycles. The molecule has 0 atom stereocenters. The molecule has 7 heteroatoms. The van der Waals surface area contributed by atoms with Gasteiger partial charge in [-0.1, -0.05) is 11.6 Å². The summed E-state index contributed by atoms with van der Waals surface area (Å²) in [5.74, 6) is 4.16. The lowest BCUT2D eigenvalue weighted by atomic mass is 10.1. The lowest BCUT2D eigenvalue weighted by molar-refractivity contribution is 0.0527. The van der Waals surface area contributed by atoms with E-state index in [0.29, 0.717) is 0 Å². The largest absolute Gasteiger partial charge is 0.462 e. The van der Waals surface area contributed by atoms with Crippen LogP contribution in [-0.4, -0.2) is 17.6 Å². The van der Waals surface area contributed by atoms with Crippen molar-refractivity contribution in [3.05, 3.63) is 34.7 Å². The molecule has 0 saturated heterocycles. The highest BCUT2D eigenvalue weighted by Crippen LogP contribution is 2.32. The first-order valence-electron chi connectivity index (χ1n) is 5.50. The number of anilines is 1. The van der Waals surface area contributed by atoms with Crippen molar-refractivity contribution in [2.75, 3.05) is 12.0 Å². The maximum atomic E-state index is 13.9. The number of pyridine rings is 1. The minimum absolute atomic E-state index is 0.0537. The lowest BCUT2D eigenvalue weighted by Gasteiger charge is -2.12. The first kappa shape index (κ1) is 13.5. The molecule has 0 spiro atoms. The highest BCUT2D eigenvalue weighted by molar-refractivity contribution is 6.35. The Morgan fingerprint density at radius 3 is 2.95 bits per heavy atom. The van der Waals surface area contributed by atoms with Gasteiger partial charge in [-0.05, 0) is 19.1 Å². The van der Waals surface area contributed by atoms with Gasteiger partial charge in [-0.3, -0.25) is 10.8 Å². The van der Waals surface area contributed by atoms with E-state index in [1.165, 1.54) is 18.3 Å². The summed E-state index contributed by atoms with van der Waals surface area (Å²) in [5.41, 5.74) is 2.69. The topological polar surface area (TPSA) is 77.2 Å². The van der Waals surface area contributed by atoms with E-state index in [0.717, 1.165) is 0 Å². The molecule has 0 radical (unpaired) electrons. The predicted molar refractivity (Wildman–Crippen MR) is 70.5 cm³/mol. The van der Waals surface area contributed by atoms with Crippen LogP contribution >= 0.6 is 11.6 Å². The molecule has 100 valence electrons. The summed E-state index contributed by atoms with van der Waals surface area (Å²) in [6.45, 7) is 1.86. The van der Waals surface area contributed by atoms with Gasteiger partial charge in [-0.15, -0.1) is 0 Å². The zero-order valence-corrected chi connectivity index (χ0v) is 10.8. The highest BCUT2D eigenvalue weighted by atomic mass is 35.5. The number of hydrazine groups is 1. The Morgan fingerprint density at radius 1 is 1.58 bits per heavy atom. The number of aromatic nitrogens is 1. The Kier molecular flexibility index (Phi) is 3.82. The van der Waals surface area contributed by atoms with Crippen LogP contribution in [0.15, 0.2) is 18.3 Å². The van der Waals surface area contributed by atoms with Crippen molar-refractivity contribution in [1.82, 2.24) is 4.98 Å². The second-order valence-corrected chi connectivity index (χ2v) is 4.07. The zero-order chi connectivity index (χ0) is 14.0. The van der Waals surface area contributed by atoms with Gasteiger partial charge in [0.1, 0.15) is 11.4 Å². The smallest absolute Gasteiger partial charge is 0.341 e. The number of nitrogens with zero attached hydrogens (tertiary/aromatic N) is 1. The van der Waals surface area contributed by atoms with E-state index in [9.17, 15) is 9.18 Å². The normalized spacial score (nSPS) is 10.5. The number of carbonyl (C=O) groups is 1. The molecule has 0 unspecified atom stereocenters. The summed E-state index contributed by atoms with van der Waals surface area (Å²) in [6.07, 6.45) is 1.25. The number of hydrogen-bond donors (Lipinski definition) is 2. The van der Waals surface area contributed by atoms with Crippen molar-refractivity contribution in [3.63, 3.8) is 0 Å². The van der Waals surface area contributed by atoms with E-state index in [4.69, 9.17) is 22.2 Å². The van der Waals surface area contributed by atoms with Crippen LogP contribution in [0, 0.1) is 5.82 Å². The van der Waals surface area contributed by atoms with Gasteiger partial charge in [0.2, 0.25) is 0 Å². The molecule has 0 aliphatic rings. The van der Waals surface area contributed by atoms with Gasteiger partial charge < -0.3 is 10.2 Å². The zero-order valence-electron chi connectivity index (χ0n) is 10.0. The van der Waals surface area contributed by atoms with Crippen molar-refractivity contribution < 1.29 is 13.9 Å². The lowest BCUT2D eigenvalue weighted by Crippen LogP contribution is -2.15. The van der Waals surface area contributed by atoms with E-state index in [2.05, 4.69) is 10.4 Å². The molecule has 1 aromatic carbocycles. The molecule has 2 rings (SSSR count). The third-order valence-corrected chi connectivity index (χ3v) is 2.86. The van der Waals surface area contributed by atoms with Crippen LogP contribution in [0.25, 0.3) is 10.9 Å². The second-order valence-electron chi connectivity index (χ2n) is 3.66. The summed E-state index contributed by atoms with van der Waals surface area (Å²) >= 11 is 5.94. The molecule has 1 aromatic heterocycles. The number of ether oxygens (including phenoxy) is 1. The van der Waals surface area contributed by atoms with E-state index in [1.807, 2.05) is 0 Å². The van der Waals surface area contributed by atoms with Crippen molar-refractivity contribution in [3.8, 4) is 0 Å². The number of nitrogens with two attached hydrogens (primary N) is 1. The molecular formula is C12H11ClFN3O2. The Morgan fingerprint density at radius 2 is 2.32 bits per heavy atom. The summed E-state index contributed by atoms with van der Waals surface area (Å²) in [7, 11) is 0. The number of nitrogen functional groups attached to an aromatic ring is 1. The first-order chi connectivity index (χ1) is 9.10. The van der Waals surface area contributed by atoms with Crippen LogP contribution in [0.3, 0.4) is 0 Å². The van der Waals surface area contributed by atoms with Crippen LogP contribution in [0.4, 0.5) is 10.1 Å². The predicted octanol–water partition coefficient (Wildman–Crippen LogP) is 2.49. The van der Waals surface area contributed by atoms with Gasteiger partial charge in [0.25, 0.3) is 0 Å². The molecule has 0 fully saturated rings. The number of rotatable bonds is 3. The van der Waals surface area contributed by atoms with Crippen LogP contribution in [0.5, 0.6) is 0 Å². The van der Waals surface area contributed by atoms with Crippen molar-refractivity contribution >= 4 is 34.2 Å². The standard InChI is InChI=1S/C12H11ClFN3O2/c1-2-19-12(18)6-5-16-11-7(13)3-4-8(14)9(11)10(6)17-15/h3-5H,2,15H2,1H3,(H,16,17). The number of halogens is 2. The van der Waals surface area contributed by atoms with Crippen LogP contribution in [0.1, 0.15) is 17.3 Å². The SMILES string of the molecule is CCOC(=O)c1cnc2c(Cl)ccc(F)c2c1NN. The van der Waals surface area contributed by atoms with Crippen LogP contribution < -0.4 is 11.3 Å². The Labute approximate surface area is 113 Å². The van der Waals surface area contributed by atoms with Gasteiger partial charge in [-0.25, -0.2) is 9.18 Å². The highest BCUT2D eigenvalue weighted by Gasteiger charge is 2.19. The van der Waals surface area contributed by atoms with Gasteiger partial charge in [-0.2, -0.15) is 0 Å². The fourth-order valence-electron chi connectivity index (χ4n) is 1.75. The fourth-order valence-corrected chi connectivity index (χ4v) is 1.95. The van der Waals surface area contributed by atoms with Gasteiger partial charge in [0.05, 0.1) is 28.2 Å². The summed E-state index contributed by atoms with van der Waals surface area (Å²) in [6, 6.07) is 2.57. The molecule has 0 bridgehead atoms. The van der Waals surface area contributed by atoms with Crippen LogP contribution in [0.2, 0.25) is 5.02 Å². The summed E-state index contributed by atoms with van der Waals surface area (Å²) < 4.78 is 18.8. The van der Waals surface area contributed by atoms with E-state index >= 15 is 0 Å². The maximum Gasteiger partial charge on any atom is 0.341 e. The van der Waals surface area contributed by atoms with E-state index in [1.54, 1.807) is 6.92 Å². The van der Waals surface area contributed by atoms with Crippen LogP contribution in [-0.2, 0) is 4.74 Å². The monoisotopic (exact) mass is 283 g/mol. The molecule has 2 aromatic rings. The maximum absolute atomic E-state index is 13.9. The number of fused-ring (bicyclic) bond motifs is 1. The summed E-state index contributed by atoms with van der Waals surface area (Å²) in [4.78, 5) is 15.7. The third-order valence-electron chi connectivity index (χ3n) is 2.56. The number of nitrogens with one attached hydrogen (secondary N) is 1. The molecule has 0 aliphatic carbocycles. The Hall–Kier alpha value is -1.92. The molecule has 0 saturated carbocycles. The molecule has 5 nitrogen and oxygen atoms in total. The molecule has 19 heavy (non-hydrogen) atoms. The van der Waals surface area contributed by atoms with Crippen molar-refractivity contribution in [2.45, 2.75) is 6.92 Å².